The van der Waals surface area contributed by atoms with E-state index in [1.807, 2.05) is 29.2 Å². The minimum Gasteiger partial charge on any atom is -0.466 e. The van der Waals surface area contributed by atoms with Crippen molar-refractivity contribution in [2.24, 2.45) is 5.92 Å². The first kappa shape index (κ1) is 27.2. The quantitative estimate of drug-likeness (QED) is 0.314. The van der Waals surface area contributed by atoms with E-state index in [1.165, 1.54) is 12.1 Å². The molecule has 0 spiro atoms. The van der Waals surface area contributed by atoms with Gasteiger partial charge in [0.05, 0.1) is 24.4 Å². The van der Waals surface area contributed by atoms with Gasteiger partial charge in [0.2, 0.25) is 0 Å². The Bertz CT molecular complexity index is 1140. The SMILES string of the molecule is CCOC(=O)[C@H](CCN1CC(F)C1)C[C@@H](Cc1ccc(-c2cc(Cl)ccc2F)cc1)NCc1cn[nH]n1. The molecule has 3 aromatic rings. The topological polar surface area (TPSA) is 83.1 Å². The maximum Gasteiger partial charge on any atom is 0.309 e. The van der Waals surface area contributed by atoms with Crippen molar-refractivity contribution in [3.63, 3.8) is 0 Å². The van der Waals surface area contributed by atoms with Gasteiger partial charge in [0.1, 0.15) is 12.0 Å². The predicted octanol–water partition coefficient (Wildman–Crippen LogP) is 4.58. The Balaban J connectivity index is 1.46. The van der Waals surface area contributed by atoms with Crippen LogP contribution in [0.1, 0.15) is 31.0 Å². The van der Waals surface area contributed by atoms with E-state index in [-0.39, 0.29) is 23.7 Å². The van der Waals surface area contributed by atoms with Crippen molar-refractivity contribution in [1.82, 2.24) is 25.6 Å². The number of rotatable bonds is 13. The molecule has 1 aliphatic rings. The zero-order chi connectivity index (χ0) is 26.2. The number of aromatic amines is 1. The van der Waals surface area contributed by atoms with Crippen LogP contribution < -0.4 is 5.32 Å². The fourth-order valence-electron chi connectivity index (χ4n) is 4.59. The van der Waals surface area contributed by atoms with Crippen LogP contribution in [0.25, 0.3) is 11.1 Å². The lowest BCUT2D eigenvalue weighted by molar-refractivity contribution is -0.149. The minimum absolute atomic E-state index is 0.0647. The lowest BCUT2D eigenvalue weighted by Crippen LogP contribution is -2.49. The van der Waals surface area contributed by atoms with E-state index in [4.69, 9.17) is 16.3 Å². The van der Waals surface area contributed by atoms with Gasteiger partial charge in [-0.1, -0.05) is 35.9 Å². The molecular weight excluding hydrogens is 500 g/mol. The van der Waals surface area contributed by atoms with Crippen molar-refractivity contribution in [1.29, 1.82) is 0 Å². The van der Waals surface area contributed by atoms with Crippen LogP contribution in [0.15, 0.2) is 48.7 Å². The Kier molecular flexibility index (Phi) is 9.60. The van der Waals surface area contributed by atoms with Crippen LogP contribution in [0.2, 0.25) is 5.02 Å². The number of ether oxygens (including phenoxy) is 1. The number of carbonyl (C=O) groups is 1. The number of aromatic nitrogens is 3. The highest BCUT2D eigenvalue weighted by atomic mass is 35.5. The van der Waals surface area contributed by atoms with Gasteiger partial charge in [0.15, 0.2) is 0 Å². The largest absolute Gasteiger partial charge is 0.466 e. The summed E-state index contributed by atoms with van der Waals surface area (Å²) in [5.74, 6) is -0.893. The van der Waals surface area contributed by atoms with Crippen LogP contribution in [-0.2, 0) is 22.5 Å². The zero-order valence-electron chi connectivity index (χ0n) is 20.8. The number of alkyl halides is 1. The number of likely N-dealkylation sites (tertiary alicyclic amines) is 1. The van der Waals surface area contributed by atoms with E-state index in [1.54, 1.807) is 19.2 Å². The third-order valence-electron chi connectivity index (χ3n) is 6.61. The molecule has 2 N–H and O–H groups in total. The molecule has 37 heavy (non-hydrogen) atoms. The number of halogens is 3. The molecule has 0 aliphatic carbocycles. The highest BCUT2D eigenvalue weighted by Crippen LogP contribution is 2.27. The Labute approximate surface area is 220 Å². The smallest absolute Gasteiger partial charge is 0.309 e. The highest BCUT2D eigenvalue weighted by Gasteiger charge is 2.29. The molecule has 0 saturated carbocycles. The van der Waals surface area contributed by atoms with E-state index in [0.717, 1.165) is 16.8 Å². The van der Waals surface area contributed by atoms with E-state index in [0.29, 0.717) is 62.6 Å². The third-order valence-corrected chi connectivity index (χ3v) is 6.84. The normalized spacial score (nSPS) is 15.8. The molecule has 1 aromatic heterocycles. The Morgan fingerprint density at radius 2 is 2.05 bits per heavy atom. The Morgan fingerprint density at radius 3 is 2.73 bits per heavy atom. The number of benzene rings is 2. The molecule has 2 aromatic carbocycles. The number of carbonyl (C=O) groups excluding carboxylic acids is 1. The lowest BCUT2D eigenvalue weighted by atomic mass is 9.91. The van der Waals surface area contributed by atoms with E-state index >= 15 is 0 Å². The maximum atomic E-state index is 14.3. The molecule has 1 aliphatic heterocycles. The molecule has 7 nitrogen and oxygen atoms in total. The van der Waals surface area contributed by atoms with Gasteiger partial charge in [-0.05, 0) is 62.1 Å². The van der Waals surface area contributed by atoms with Gasteiger partial charge in [-0.25, -0.2) is 8.78 Å². The highest BCUT2D eigenvalue weighted by molar-refractivity contribution is 6.30. The zero-order valence-corrected chi connectivity index (χ0v) is 21.6. The van der Waals surface area contributed by atoms with Gasteiger partial charge in [-0.15, -0.1) is 0 Å². The second kappa shape index (κ2) is 13.1. The third kappa shape index (κ3) is 7.80. The number of H-pyrrole nitrogens is 1. The van der Waals surface area contributed by atoms with Gasteiger partial charge in [-0.2, -0.15) is 15.4 Å². The summed E-state index contributed by atoms with van der Waals surface area (Å²) in [5, 5.41) is 14.5. The monoisotopic (exact) mass is 531 g/mol. The molecule has 0 amide bonds. The van der Waals surface area contributed by atoms with Gasteiger partial charge >= 0.3 is 5.97 Å². The van der Waals surface area contributed by atoms with Gasteiger partial charge < -0.3 is 10.1 Å². The molecule has 0 bridgehead atoms. The molecule has 198 valence electrons. The first-order chi connectivity index (χ1) is 17.9. The number of nitrogens with one attached hydrogen (secondary N) is 2. The Morgan fingerprint density at radius 1 is 1.27 bits per heavy atom. The van der Waals surface area contributed by atoms with Gasteiger partial charge in [0, 0.05) is 36.3 Å². The van der Waals surface area contributed by atoms with Crippen LogP contribution >= 0.6 is 11.6 Å². The fourth-order valence-corrected chi connectivity index (χ4v) is 4.76. The maximum absolute atomic E-state index is 14.3. The fraction of sp³-hybridized carbons (Fsp3) is 0.444. The first-order valence-corrected chi connectivity index (χ1v) is 12.9. The average molecular weight is 532 g/mol. The van der Waals surface area contributed by atoms with Crippen molar-refractivity contribution in [3.8, 4) is 11.1 Å². The van der Waals surface area contributed by atoms with E-state index < -0.39 is 6.17 Å². The summed E-state index contributed by atoms with van der Waals surface area (Å²) >= 11 is 6.06. The molecule has 10 heteroatoms. The van der Waals surface area contributed by atoms with Crippen molar-refractivity contribution in [2.75, 3.05) is 26.2 Å². The number of hydrogen-bond acceptors (Lipinski definition) is 6. The predicted molar refractivity (Wildman–Crippen MR) is 138 cm³/mol. The van der Waals surface area contributed by atoms with Crippen LogP contribution in [0.4, 0.5) is 8.78 Å². The summed E-state index contributed by atoms with van der Waals surface area (Å²) in [5.41, 5.74) is 2.98. The molecule has 2 atom stereocenters. The molecule has 4 rings (SSSR count). The average Bonchev–Trinajstić information content (AvgIpc) is 3.39. The summed E-state index contributed by atoms with van der Waals surface area (Å²) < 4.78 is 32.9. The summed E-state index contributed by atoms with van der Waals surface area (Å²) in [6.45, 7) is 4.08. The summed E-state index contributed by atoms with van der Waals surface area (Å²) in [4.78, 5) is 14.8. The molecule has 0 unspecified atom stereocenters. The van der Waals surface area contributed by atoms with Crippen LogP contribution in [0, 0.1) is 11.7 Å². The summed E-state index contributed by atoms with van der Waals surface area (Å²) in [7, 11) is 0. The second-order valence-corrected chi connectivity index (χ2v) is 9.83. The van der Waals surface area contributed by atoms with E-state index in [9.17, 15) is 13.6 Å². The van der Waals surface area contributed by atoms with Crippen molar-refractivity contribution < 1.29 is 18.3 Å². The number of esters is 1. The number of nitrogens with zero attached hydrogens (tertiary/aromatic N) is 3. The minimum atomic E-state index is -0.777. The summed E-state index contributed by atoms with van der Waals surface area (Å²) in [6, 6.07) is 12.1. The lowest BCUT2D eigenvalue weighted by Gasteiger charge is -2.35. The van der Waals surface area contributed by atoms with Crippen LogP contribution in [-0.4, -0.2) is 64.7 Å². The molecule has 0 radical (unpaired) electrons. The van der Waals surface area contributed by atoms with Crippen molar-refractivity contribution >= 4 is 17.6 Å². The number of hydrogen-bond donors (Lipinski definition) is 2. The van der Waals surface area contributed by atoms with Crippen LogP contribution in [0.5, 0.6) is 0 Å². The molecule has 1 fully saturated rings. The Hall–Kier alpha value is -2.88. The van der Waals surface area contributed by atoms with Gasteiger partial charge in [-0.3, -0.25) is 9.69 Å². The first-order valence-electron chi connectivity index (χ1n) is 12.6. The van der Waals surface area contributed by atoms with Crippen molar-refractivity contribution in [2.45, 2.75) is 44.9 Å². The standard InChI is InChI=1S/C27H32ClF2N5O2/c1-2-37-27(36)20(9-10-35-16-22(29)17-35)12-23(31-14-24-15-32-34-33-24)11-18-3-5-19(6-4-18)25-13-21(28)7-8-26(25)30/h3-8,13,15,20,22-23,31H,2,9-12,14,16-17H2,1H3,(H,32,33,34)/t20-,23-/m1/s1. The van der Waals surface area contributed by atoms with Gasteiger partial charge in [0.25, 0.3) is 0 Å². The summed E-state index contributed by atoms with van der Waals surface area (Å²) in [6.07, 6.45) is 2.66. The van der Waals surface area contributed by atoms with Crippen molar-refractivity contribution in [3.05, 3.63) is 70.8 Å². The van der Waals surface area contributed by atoms with E-state index in [2.05, 4.69) is 20.7 Å². The molecular formula is C27H32ClF2N5O2. The second-order valence-electron chi connectivity index (χ2n) is 9.39. The van der Waals surface area contributed by atoms with Crippen LogP contribution in [0.3, 0.4) is 0 Å². The molecule has 2 heterocycles. The molecule has 1 saturated heterocycles.